The molecule has 1 fully saturated rings. The zero-order chi connectivity index (χ0) is 15.4. The fraction of sp³-hybridized carbons (Fsp3) is 0.562. The van der Waals surface area contributed by atoms with Crippen molar-refractivity contribution in [3.8, 4) is 11.5 Å². The van der Waals surface area contributed by atoms with Gasteiger partial charge in [0.1, 0.15) is 0 Å². The van der Waals surface area contributed by atoms with Crippen LogP contribution < -0.4 is 15.2 Å². The summed E-state index contributed by atoms with van der Waals surface area (Å²) in [5, 5.41) is 0. The first-order valence-corrected chi connectivity index (χ1v) is 7.40. The van der Waals surface area contributed by atoms with E-state index in [-0.39, 0.29) is 18.0 Å². The molecule has 2 N–H and O–H groups in total. The second kappa shape index (κ2) is 6.80. The van der Waals surface area contributed by atoms with Gasteiger partial charge in [0.2, 0.25) is 5.91 Å². The summed E-state index contributed by atoms with van der Waals surface area (Å²) in [5.74, 6) is 1.54. The molecule has 1 aliphatic rings. The number of ether oxygens (including phenoxy) is 2. The number of carbonyl (C=O) groups is 1. The minimum absolute atomic E-state index is 0.0554. The van der Waals surface area contributed by atoms with Gasteiger partial charge in [-0.25, -0.2) is 0 Å². The molecule has 0 aliphatic carbocycles. The number of methoxy groups -OCH3 is 1. The van der Waals surface area contributed by atoms with Gasteiger partial charge in [-0.15, -0.1) is 0 Å². The largest absolute Gasteiger partial charge is 0.493 e. The van der Waals surface area contributed by atoms with Gasteiger partial charge in [0.05, 0.1) is 19.8 Å². The Morgan fingerprint density at radius 1 is 1.38 bits per heavy atom. The number of rotatable bonds is 5. The van der Waals surface area contributed by atoms with Crippen molar-refractivity contribution in [2.24, 2.45) is 5.73 Å². The van der Waals surface area contributed by atoms with Gasteiger partial charge in [0.25, 0.3) is 0 Å². The van der Waals surface area contributed by atoms with Gasteiger partial charge in [-0.05, 0) is 30.5 Å². The summed E-state index contributed by atoms with van der Waals surface area (Å²) >= 11 is 0. The standard InChI is InChI=1S/C16H24N2O3/c1-4-9-21-14-10-11(5-7-13(14)20-3)16-12(17)6-8-15(19)18(16)2/h5,7,10,12,16H,4,6,8-9,17H2,1-3H3. The van der Waals surface area contributed by atoms with Gasteiger partial charge in [0, 0.05) is 19.5 Å². The molecule has 2 atom stereocenters. The van der Waals surface area contributed by atoms with E-state index >= 15 is 0 Å². The third kappa shape index (κ3) is 3.29. The summed E-state index contributed by atoms with van der Waals surface area (Å²) in [7, 11) is 3.43. The first-order chi connectivity index (χ1) is 10.1. The highest BCUT2D eigenvalue weighted by Crippen LogP contribution is 2.35. The maximum atomic E-state index is 11.9. The molecular formula is C16H24N2O3. The molecule has 1 aromatic rings. The minimum atomic E-state index is -0.110. The van der Waals surface area contributed by atoms with Crippen LogP contribution in [0.2, 0.25) is 0 Å². The first-order valence-electron chi connectivity index (χ1n) is 7.40. The van der Waals surface area contributed by atoms with E-state index in [1.54, 1.807) is 12.0 Å². The average Bonchev–Trinajstić information content (AvgIpc) is 2.49. The minimum Gasteiger partial charge on any atom is -0.493 e. The molecule has 2 unspecified atom stereocenters. The van der Waals surface area contributed by atoms with Crippen molar-refractivity contribution in [3.63, 3.8) is 0 Å². The van der Waals surface area contributed by atoms with E-state index in [1.165, 1.54) is 0 Å². The van der Waals surface area contributed by atoms with Crippen LogP contribution in [0.1, 0.15) is 37.8 Å². The van der Waals surface area contributed by atoms with Crippen LogP contribution in [-0.4, -0.2) is 37.6 Å². The second-order valence-corrected chi connectivity index (χ2v) is 5.41. The molecule has 5 heteroatoms. The van der Waals surface area contributed by atoms with Crippen LogP contribution in [0.4, 0.5) is 0 Å². The van der Waals surface area contributed by atoms with Gasteiger partial charge in [-0.3, -0.25) is 4.79 Å². The monoisotopic (exact) mass is 292 g/mol. The summed E-state index contributed by atoms with van der Waals surface area (Å²) in [4.78, 5) is 13.7. The topological polar surface area (TPSA) is 64.8 Å². The normalized spacial score (nSPS) is 22.3. The lowest BCUT2D eigenvalue weighted by molar-refractivity contribution is -0.135. The zero-order valence-electron chi connectivity index (χ0n) is 13.0. The Balaban J connectivity index is 2.31. The van der Waals surface area contributed by atoms with E-state index in [1.807, 2.05) is 25.2 Å². The second-order valence-electron chi connectivity index (χ2n) is 5.41. The van der Waals surface area contributed by atoms with Crippen molar-refractivity contribution < 1.29 is 14.3 Å². The van der Waals surface area contributed by atoms with Crippen LogP contribution in [0.15, 0.2) is 18.2 Å². The quantitative estimate of drug-likeness (QED) is 0.902. The Labute approximate surface area is 126 Å². The van der Waals surface area contributed by atoms with Crippen molar-refractivity contribution in [3.05, 3.63) is 23.8 Å². The van der Waals surface area contributed by atoms with E-state index in [0.29, 0.717) is 30.9 Å². The number of piperidine rings is 1. The molecule has 21 heavy (non-hydrogen) atoms. The molecule has 0 spiro atoms. The highest BCUT2D eigenvalue weighted by Gasteiger charge is 2.32. The third-order valence-electron chi connectivity index (χ3n) is 3.90. The number of amides is 1. The highest BCUT2D eigenvalue weighted by molar-refractivity contribution is 5.77. The molecule has 1 aromatic carbocycles. The number of hydrogen-bond donors (Lipinski definition) is 1. The molecular weight excluding hydrogens is 268 g/mol. The van der Waals surface area contributed by atoms with Crippen LogP contribution >= 0.6 is 0 Å². The van der Waals surface area contributed by atoms with Crippen molar-refractivity contribution >= 4 is 5.91 Å². The fourth-order valence-electron chi connectivity index (χ4n) is 2.74. The van der Waals surface area contributed by atoms with Gasteiger partial charge in [-0.1, -0.05) is 13.0 Å². The number of hydrogen-bond acceptors (Lipinski definition) is 4. The maximum absolute atomic E-state index is 11.9. The Kier molecular flexibility index (Phi) is 5.07. The van der Waals surface area contributed by atoms with E-state index in [0.717, 1.165) is 12.0 Å². The SMILES string of the molecule is CCCOc1cc(C2C(N)CCC(=O)N2C)ccc1OC. The molecule has 0 aromatic heterocycles. The summed E-state index contributed by atoms with van der Waals surface area (Å²) in [6, 6.07) is 5.60. The lowest BCUT2D eigenvalue weighted by atomic mass is 9.91. The number of nitrogens with two attached hydrogens (primary N) is 1. The highest BCUT2D eigenvalue weighted by atomic mass is 16.5. The number of likely N-dealkylation sites (N-methyl/N-ethyl adjacent to an activating group) is 1. The molecule has 0 radical (unpaired) electrons. The van der Waals surface area contributed by atoms with Crippen molar-refractivity contribution in [1.29, 1.82) is 0 Å². The van der Waals surface area contributed by atoms with Gasteiger partial charge < -0.3 is 20.1 Å². The molecule has 0 saturated carbocycles. The fourth-order valence-corrected chi connectivity index (χ4v) is 2.74. The zero-order valence-corrected chi connectivity index (χ0v) is 13.0. The van der Waals surface area contributed by atoms with Crippen molar-refractivity contribution in [2.75, 3.05) is 20.8 Å². The van der Waals surface area contributed by atoms with Gasteiger partial charge in [0.15, 0.2) is 11.5 Å². The van der Waals surface area contributed by atoms with Gasteiger partial charge >= 0.3 is 0 Å². The van der Waals surface area contributed by atoms with Crippen LogP contribution in [0.5, 0.6) is 11.5 Å². The number of nitrogens with zero attached hydrogens (tertiary/aromatic N) is 1. The molecule has 1 amide bonds. The van der Waals surface area contributed by atoms with Gasteiger partial charge in [-0.2, -0.15) is 0 Å². The maximum Gasteiger partial charge on any atom is 0.222 e. The molecule has 1 heterocycles. The van der Waals surface area contributed by atoms with Crippen LogP contribution in [0.25, 0.3) is 0 Å². The van der Waals surface area contributed by atoms with E-state index < -0.39 is 0 Å². The lowest BCUT2D eigenvalue weighted by Gasteiger charge is -2.37. The van der Waals surface area contributed by atoms with Crippen LogP contribution in [0, 0.1) is 0 Å². The van der Waals surface area contributed by atoms with Crippen LogP contribution in [-0.2, 0) is 4.79 Å². The van der Waals surface area contributed by atoms with Crippen molar-refractivity contribution in [2.45, 2.75) is 38.3 Å². The predicted octanol–water partition coefficient (Wildman–Crippen LogP) is 2.10. The molecule has 2 rings (SSSR count). The number of benzene rings is 1. The number of likely N-dealkylation sites (tertiary alicyclic amines) is 1. The van der Waals surface area contributed by atoms with E-state index in [2.05, 4.69) is 6.92 Å². The Morgan fingerprint density at radius 2 is 2.14 bits per heavy atom. The molecule has 0 bridgehead atoms. The Bertz CT molecular complexity index is 504. The Morgan fingerprint density at radius 3 is 2.81 bits per heavy atom. The summed E-state index contributed by atoms with van der Waals surface area (Å²) < 4.78 is 11.1. The lowest BCUT2D eigenvalue weighted by Crippen LogP contribution is -2.46. The summed E-state index contributed by atoms with van der Waals surface area (Å²) in [5.41, 5.74) is 7.21. The molecule has 5 nitrogen and oxygen atoms in total. The van der Waals surface area contributed by atoms with E-state index in [9.17, 15) is 4.79 Å². The number of carbonyl (C=O) groups excluding carboxylic acids is 1. The predicted molar refractivity (Wildman–Crippen MR) is 81.5 cm³/mol. The molecule has 1 saturated heterocycles. The van der Waals surface area contributed by atoms with Crippen molar-refractivity contribution in [1.82, 2.24) is 4.90 Å². The third-order valence-corrected chi connectivity index (χ3v) is 3.90. The molecule has 1 aliphatic heterocycles. The Hall–Kier alpha value is -1.75. The summed E-state index contributed by atoms with van der Waals surface area (Å²) in [6.45, 7) is 2.69. The van der Waals surface area contributed by atoms with Crippen LogP contribution in [0.3, 0.4) is 0 Å². The summed E-state index contributed by atoms with van der Waals surface area (Å²) in [6.07, 6.45) is 2.16. The first kappa shape index (κ1) is 15.6. The van der Waals surface area contributed by atoms with E-state index in [4.69, 9.17) is 15.2 Å². The smallest absolute Gasteiger partial charge is 0.222 e. The molecule has 116 valence electrons. The average molecular weight is 292 g/mol.